The van der Waals surface area contributed by atoms with Crippen LogP contribution in [0.1, 0.15) is 139 Å². The largest absolute Gasteiger partial charge is 0.460 e. The van der Waals surface area contributed by atoms with Crippen molar-refractivity contribution in [2.75, 3.05) is 40.6 Å². The van der Waals surface area contributed by atoms with Gasteiger partial charge in [0.1, 0.15) is 23.7 Å². The number of carbonyl (C=O) groups excluding carboxylic acids is 5. The first-order valence-corrected chi connectivity index (χ1v) is 25.5. The zero-order valence-corrected chi connectivity index (χ0v) is 43.3. The zero-order chi connectivity index (χ0) is 51.4. The molecule has 69 heavy (non-hydrogen) atoms. The van der Waals surface area contributed by atoms with Gasteiger partial charge in [0.2, 0.25) is 5.78 Å². The maximum Gasteiger partial charge on any atom is 0.329 e. The summed E-state index contributed by atoms with van der Waals surface area (Å²) in [4.78, 5) is 70.6. The van der Waals surface area contributed by atoms with Crippen LogP contribution in [0.3, 0.4) is 0 Å². The lowest BCUT2D eigenvalue weighted by Crippen LogP contribution is -2.62. The molecule has 3 rings (SSSR count). The Bertz CT molecular complexity index is 1780. The zero-order valence-electron chi connectivity index (χ0n) is 43.3. The third kappa shape index (κ3) is 17.7. The molecule has 15 heteroatoms. The maximum absolute atomic E-state index is 14.7. The number of rotatable bonds is 27. The molecule has 0 radical (unpaired) electrons. The highest BCUT2D eigenvalue weighted by Gasteiger charge is 2.55. The van der Waals surface area contributed by atoms with Crippen LogP contribution in [-0.2, 0) is 47.7 Å². The van der Waals surface area contributed by atoms with Gasteiger partial charge in [-0.1, -0.05) is 77.5 Å². The van der Waals surface area contributed by atoms with Gasteiger partial charge in [-0.15, -0.1) is 0 Å². The number of aliphatic hydroxyl groups excluding tert-OH is 3. The lowest BCUT2D eigenvalue weighted by Gasteiger charge is -2.40. The van der Waals surface area contributed by atoms with Crippen LogP contribution in [0.2, 0.25) is 0 Å². The number of methoxy groups -OCH3 is 2. The fourth-order valence-corrected chi connectivity index (χ4v) is 10.1. The van der Waals surface area contributed by atoms with Crippen molar-refractivity contribution in [3.63, 3.8) is 0 Å². The van der Waals surface area contributed by atoms with E-state index in [1.807, 2.05) is 38.2 Å². The van der Waals surface area contributed by atoms with Gasteiger partial charge in [-0.25, -0.2) is 4.79 Å². The number of hydrogen-bond acceptors (Lipinski definition) is 14. The standard InChI is InChI=1S/C54H87NO14/c1-11-17-34(2)18-13-12-14-19-35(3)47(65-9)31-42-23-21-36(4)51(61)54(64,69-42)53(63)55-25-16-15-20-44(55)52(62)68-48(32-45(59)37(5)28-39(7)50(60)43(33-57)40(8)58)38(6)29-41-22-24-46(67-27-26-56)49(30-41)66-10/h12-14,18-19,28,34,36-38,41-44,46-50,56-57,60,64H,11,15-17,20-27,29-33H2,1-10H3/b14-12+,18-13+,35-19+,39-28+/t34-,36+,37+,38+,41-,42-,43-,44-,46+,47-,48-,49+,50+,54?/m0/s1. The van der Waals surface area contributed by atoms with Crippen LogP contribution >= 0.6 is 0 Å². The molecule has 1 aliphatic carbocycles. The van der Waals surface area contributed by atoms with E-state index in [9.17, 15) is 44.4 Å². The third-order valence-corrected chi connectivity index (χ3v) is 14.6. The fourth-order valence-electron chi connectivity index (χ4n) is 10.1. The van der Waals surface area contributed by atoms with Crippen molar-refractivity contribution in [2.45, 2.75) is 187 Å². The SMILES string of the molecule is CCC[C@H](C)/C=C/C=C/C=C(\C)[C@H](C[C@@H]1CC[C@@H](C)C(=O)C(O)(C(=O)N2CCCC[C@H]2C(=O)O[C@@H](CC(=O)[C@H](C)/C=C(\C)[C@@H](O)[C@@H](CO)C(C)=O)[C@H](C)C[C@@H]2CC[C@@H](OCCO)[C@H](OC)C2)O1)OC. The van der Waals surface area contributed by atoms with E-state index in [1.54, 1.807) is 41.1 Å². The van der Waals surface area contributed by atoms with Crippen molar-refractivity contribution in [3.05, 3.63) is 47.6 Å². The number of allylic oxidation sites excluding steroid dienone is 6. The quantitative estimate of drug-likeness (QED) is 0.0297. The van der Waals surface area contributed by atoms with E-state index >= 15 is 0 Å². The first-order valence-electron chi connectivity index (χ1n) is 25.5. The molecule has 0 aromatic rings. The molecule has 0 spiro atoms. The van der Waals surface area contributed by atoms with Crippen LogP contribution in [0, 0.1) is 35.5 Å². The van der Waals surface area contributed by atoms with Crippen molar-refractivity contribution in [3.8, 4) is 0 Å². The van der Waals surface area contributed by atoms with Gasteiger partial charge < -0.3 is 49.0 Å². The number of ketones is 3. The monoisotopic (exact) mass is 974 g/mol. The smallest absolute Gasteiger partial charge is 0.329 e. The first-order chi connectivity index (χ1) is 32.8. The molecule has 3 fully saturated rings. The van der Waals surface area contributed by atoms with Crippen molar-refractivity contribution in [2.24, 2.45) is 35.5 Å². The normalized spacial score (nSPS) is 28.4. The number of hydrogen-bond donors (Lipinski definition) is 4. The second-order valence-corrected chi connectivity index (χ2v) is 20.1. The number of amides is 1. The molecule has 4 N–H and O–H groups in total. The van der Waals surface area contributed by atoms with Gasteiger partial charge in [0, 0.05) is 45.4 Å². The Balaban J connectivity index is 1.89. The van der Waals surface area contributed by atoms with Gasteiger partial charge in [0.05, 0.1) is 56.3 Å². The minimum absolute atomic E-state index is 0.0643. The van der Waals surface area contributed by atoms with Crippen LogP contribution < -0.4 is 0 Å². The van der Waals surface area contributed by atoms with E-state index in [-0.39, 0.29) is 68.8 Å². The molecule has 2 heterocycles. The third-order valence-electron chi connectivity index (χ3n) is 14.6. The molecule has 392 valence electrons. The molecule has 14 atom stereocenters. The van der Waals surface area contributed by atoms with Gasteiger partial charge in [-0.2, -0.15) is 0 Å². The Hall–Kier alpha value is -3.41. The highest BCUT2D eigenvalue weighted by Crippen LogP contribution is 2.37. The maximum atomic E-state index is 14.7. The number of esters is 1. The second-order valence-electron chi connectivity index (χ2n) is 20.1. The Labute approximate surface area is 412 Å². The molecular weight excluding hydrogens is 887 g/mol. The molecule has 0 aromatic carbocycles. The summed E-state index contributed by atoms with van der Waals surface area (Å²) in [6.07, 6.45) is 14.7. The second kappa shape index (κ2) is 29.8. The van der Waals surface area contributed by atoms with Crippen LogP contribution in [0.15, 0.2) is 47.6 Å². The molecule has 2 saturated heterocycles. The molecule has 0 bridgehead atoms. The molecule has 1 saturated carbocycles. The number of Topliss-reactive ketones (excluding diaryl/α,β-unsaturated/α-hetero) is 3. The van der Waals surface area contributed by atoms with Crippen LogP contribution in [0.25, 0.3) is 0 Å². The Morgan fingerprint density at radius 2 is 1.65 bits per heavy atom. The van der Waals surface area contributed by atoms with Crippen molar-refractivity contribution >= 4 is 29.2 Å². The minimum atomic E-state index is -2.87. The van der Waals surface area contributed by atoms with Crippen LogP contribution in [-0.4, -0.2) is 144 Å². The topological polar surface area (TPSA) is 216 Å². The van der Waals surface area contributed by atoms with E-state index in [1.165, 1.54) is 11.8 Å². The van der Waals surface area contributed by atoms with Gasteiger partial charge in [-0.3, -0.25) is 19.2 Å². The van der Waals surface area contributed by atoms with E-state index in [0.717, 1.165) is 24.8 Å². The van der Waals surface area contributed by atoms with Crippen LogP contribution in [0.4, 0.5) is 0 Å². The van der Waals surface area contributed by atoms with E-state index in [2.05, 4.69) is 19.9 Å². The summed E-state index contributed by atoms with van der Waals surface area (Å²) >= 11 is 0. The predicted molar refractivity (Wildman–Crippen MR) is 263 cm³/mol. The van der Waals surface area contributed by atoms with Crippen molar-refractivity contribution in [1.29, 1.82) is 0 Å². The average Bonchev–Trinajstić information content (AvgIpc) is 3.43. The van der Waals surface area contributed by atoms with Crippen LogP contribution in [0.5, 0.6) is 0 Å². The van der Waals surface area contributed by atoms with E-state index in [0.29, 0.717) is 56.4 Å². The number of piperidine rings is 1. The number of carbonyl (C=O) groups is 5. The fraction of sp³-hybridized carbons (Fsp3) is 0.759. The van der Waals surface area contributed by atoms with E-state index in [4.69, 9.17) is 23.7 Å². The number of likely N-dealkylation sites (tertiary alicyclic amines) is 1. The summed E-state index contributed by atoms with van der Waals surface area (Å²) in [5.74, 6) is -8.39. The molecule has 15 nitrogen and oxygen atoms in total. The molecule has 1 unspecified atom stereocenters. The average molecular weight is 974 g/mol. The Kier molecular flexibility index (Phi) is 25.9. The number of ether oxygens (including phenoxy) is 5. The summed E-state index contributed by atoms with van der Waals surface area (Å²) in [5.41, 5.74) is 1.24. The van der Waals surface area contributed by atoms with E-state index < -0.39 is 84.0 Å². The molecule has 2 aliphatic heterocycles. The first kappa shape index (κ1) is 59.9. The molecular formula is C54H87NO14. The number of nitrogens with zero attached hydrogens (tertiary/aromatic N) is 1. The van der Waals surface area contributed by atoms with Gasteiger partial charge in [0.25, 0.3) is 5.91 Å². The summed E-state index contributed by atoms with van der Waals surface area (Å²) < 4.78 is 30.0. The van der Waals surface area contributed by atoms with Gasteiger partial charge in [-0.05, 0) is 114 Å². The minimum Gasteiger partial charge on any atom is -0.460 e. The molecule has 1 amide bonds. The summed E-state index contributed by atoms with van der Waals surface area (Å²) in [5, 5.41) is 42.1. The lowest BCUT2D eigenvalue weighted by molar-refractivity contribution is -0.231. The highest BCUT2D eigenvalue weighted by atomic mass is 16.6. The molecule has 3 aliphatic rings. The lowest BCUT2D eigenvalue weighted by atomic mass is 9.78. The summed E-state index contributed by atoms with van der Waals surface area (Å²) in [6.45, 7) is 14.0. The predicted octanol–water partition coefficient (Wildman–Crippen LogP) is 6.57. The Morgan fingerprint density at radius 1 is 0.928 bits per heavy atom. The summed E-state index contributed by atoms with van der Waals surface area (Å²) in [7, 11) is 3.20. The van der Waals surface area contributed by atoms with Crippen molar-refractivity contribution in [1.82, 2.24) is 4.90 Å². The Morgan fingerprint density at radius 3 is 2.29 bits per heavy atom. The summed E-state index contributed by atoms with van der Waals surface area (Å²) in [6, 6.07) is -1.18. The molecule has 0 aromatic heterocycles. The number of aliphatic hydroxyl groups is 4. The van der Waals surface area contributed by atoms with Gasteiger partial charge >= 0.3 is 11.8 Å². The van der Waals surface area contributed by atoms with Gasteiger partial charge in [0.15, 0.2) is 0 Å². The highest BCUT2D eigenvalue weighted by molar-refractivity contribution is 6.09. The van der Waals surface area contributed by atoms with Crippen molar-refractivity contribution < 1.29 is 68.1 Å².